The van der Waals surface area contributed by atoms with Crippen LogP contribution in [0.5, 0.6) is 0 Å². The zero-order valence-electron chi connectivity index (χ0n) is 12.0. The average Bonchev–Trinajstić information content (AvgIpc) is 2.48. The van der Waals surface area contributed by atoms with Gasteiger partial charge in [-0.1, -0.05) is 68.4 Å². The van der Waals surface area contributed by atoms with Crippen molar-refractivity contribution in [3.8, 4) is 0 Å². The lowest BCUT2D eigenvalue weighted by molar-refractivity contribution is 0.0726. The summed E-state index contributed by atoms with van der Waals surface area (Å²) in [5, 5.41) is 0. The number of rotatable bonds is 6. The molecule has 0 amide bonds. The molecule has 2 rings (SSSR count). The van der Waals surface area contributed by atoms with E-state index in [1.807, 2.05) is 54.6 Å². The number of carbonyl (C=O) groups is 1. The Hall–Kier alpha value is -1.93. The predicted octanol–water partition coefficient (Wildman–Crippen LogP) is 4.21. The molecule has 0 atom stereocenters. The van der Waals surface area contributed by atoms with E-state index in [-0.39, 0.29) is 12.4 Å². The summed E-state index contributed by atoms with van der Waals surface area (Å²) in [6.45, 7) is 4.87. The Labute approximate surface area is 120 Å². The minimum Gasteiger partial charge on any atom is -0.369 e. The van der Waals surface area contributed by atoms with Crippen molar-refractivity contribution in [1.82, 2.24) is 0 Å². The lowest BCUT2D eigenvalue weighted by atomic mass is 10.0. The van der Waals surface area contributed by atoms with Crippen molar-refractivity contribution >= 4 is 5.78 Å². The number of carbonyl (C=O) groups excluding carboxylic acids is 1. The maximum Gasteiger partial charge on any atom is 0.188 e. The Morgan fingerprint density at radius 1 is 1.00 bits per heavy atom. The van der Waals surface area contributed by atoms with Crippen molar-refractivity contribution in [2.24, 2.45) is 0 Å². The van der Waals surface area contributed by atoms with Crippen LogP contribution in [0.2, 0.25) is 0 Å². The fourth-order valence-corrected chi connectivity index (χ4v) is 1.97. The zero-order chi connectivity index (χ0) is 14.4. The van der Waals surface area contributed by atoms with Crippen LogP contribution in [-0.2, 0) is 11.3 Å². The smallest absolute Gasteiger partial charge is 0.188 e. The van der Waals surface area contributed by atoms with Crippen molar-refractivity contribution in [1.29, 1.82) is 0 Å². The summed E-state index contributed by atoms with van der Waals surface area (Å²) in [5.74, 6) is 0.504. The second-order valence-electron chi connectivity index (χ2n) is 5.18. The molecule has 0 aliphatic rings. The first-order valence-electron chi connectivity index (χ1n) is 6.91. The third-order valence-corrected chi connectivity index (χ3v) is 3.24. The summed E-state index contributed by atoms with van der Waals surface area (Å²) in [6.07, 6.45) is 0. The van der Waals surface area contributed by atoms with E-state index in [1.165, 1.54) is 5.56 Å². The maximum absolute atomic E-state index is 12.0. The van der Waals surface area contributed by atoms with Crippen LogP contribution in [0.4, 0.5) is 0 Å². The Kier molecular flexibility index (Phi) is 5.08. The third kappa shape index (κ3) is 4.04. The molecule has 104 valence electrons. The summed E-state index contributed by atoms with van der Waals surface area (Å²) in [4.78, 5) is 12.0. The summed E-state index contributed by atoms with van der Waals surface area (Å²) < 4.78 is 5.46. The molecule has 0 aliphatic carbocycles. The normalized spacial score (nSPS) is 10.8. The van der Waals surface area contributed by atoms with Crippen molar-refractivity contribution in [2.45, 2.75) is 26.4 Å². The van der Waals surface area contributed by atoms with Gasteiger partial charge in [-0.25, -0.2) is 0 Å². The van der Waals surface area contributed by atoms with Gasteiger partial charge in [-0.05, 0) is 17.0 Å². The van der Waals surface area contributed by atoms with Crippen LogP contribution in [0.25, 0.3) is 0 Å². The quantitative estimate of drug-likeness (QED) is 0.734. The van der Waals surface area contributed by atoms with Crippen LogP contribution < -0.4 is 0 Å². The highest BCUT2D eigenvalue weighted by Gasteiger charge is 2.07. The van der Waals surface area contributed by atoms with Crippen LogP contribution in [0.1, 0.15) is 41.3 Å². The molecular weight excluding hydrogens is 248 g/mol. The number of benzene rings is 2. The van der Waals surface area contributed by atoms with Crippen LogP contribution in [-0.4, -0.2) is 12.4 Å². The van der Waals surface area contributed by atoms with E-state index in [1.54, 1.807) is 0 Å². The molecule has 0 aliphatic heterocycles. The second-order valence-corrected chi connectivity index (χ2v) is 5.18. The van der Waals surface area contributed by atoms with Crippen LogP contribution in [0.15, 0.2) is 54.6 Å². The van der Waals surface area contributed by atoms with Gasteiger partial charge in [0.25, 0.3) is 0 Å². The standard InChI is InChI=1S/C18H20O2/c1-14(2)16-8-10-17(11-9-16)18(19)13-20-12-15-6-4-3-5-7-15/h3-11,14H,12-13H2,1-2H3. The van der Waals surface area contributed by atoms with E-state index in [0.29, 0.717) is 18.1 Å². The summed E-state index contributed by atoms with van der Waals surface area (Å²) in [7, 11) is 0. The Bertz CT molecular complexity index is 541. The number of Topliss-reactive ketones (excluding diaryl/α,β-unsaturated/α-hetero) is 1. The SMILES string of the molecule is CC(C)c1ccc(C(=O)COCc2ccccc2)cc1. The molecule has 0 unspecified atom stereocenters. The van der Waals surface area contributed by atoms with Gasteiger partial charge in [-0.3, -0.25) is 4.79 Å². The Morgan fingerprint density at radius 3 is 2.25 bits per heavy atom. The zero-order valence-corrected chi connectivity index (χ0v) is 12.0. The van der Waals surface area contributed by atoms with Gasteiger partial charge in [0, 0.05) is 5.56 Å². The minimum absolute atomic E-state index is 0.0243. The first-order valence-corrected chi connectivity index (χ1v) is 6.91. The molecule has 2 heteroatoms. The van der Waals surface area contributed by atoms with E-state index >= 15 is 0 Å². The van der Waals surface area contributed by atoms with Gasteiger partial charge in [0.1, 0.15) is 6.61 Å². The molecule has 2 aromatic carbocycles. The number of hydrogen-bond acceptors (Lipinski definition) is 2. The number of ketones is 1. The van der Waals surface area contributed by atoms with Gasteiger partial charge in [0.05, 0.1) is 6.61 Å². The van der Waals surface area contributed by atoms with Crippen molar-refractivity contribution in [3.63, 3.8) is 0 Å². The first-order chi connectivity index (χ1) is 9.66. The maximum atomic E-state index is 12.0. The number of ether oxygens (including phenoxy) is 1. The highest BCUT2D eigenvalue weighted by molar-refractivity contribution is 5.97. The third-order valence-electron chi connectivity index (χ3n) is 3.24. The van der Waals surface area contributed by atoms with Gasteiger partial charge >= 0.3 is 0 Å². The van der Waals surface area contributed by atoms with E-state index in [9.17, 15) is 4.79 Å². The van der Waals surface area contributed by atoms with E-state index < -0.39 is 0 Å². The number of hydrogen-bond donors (Lipinski definition) is 0. The highest BCUT2D eigenvalue weighted by Crippen LogP contribution is 2.15. The lowest BCUT2D eigenvalue weighted by Crippen LogP contribution is -2.09. The molecular formula is C18H20O2. The molecule has 0 spiro atoms. The fraction of sp³-hybridized carbons (Fsp3) is 0.278. The molecule has 0 saturated heterocycles. The largest absolute Gasteiger partial charge is 0.369 e. The van der Waals surface area contributed by atoms with E-state index in [0.717, 1.165) is 5.56 Å². The van der Waals surface area contributed by atoms with Gasteiger partial charge < -0.3 is 4.74 Å². The van der Waals surface area contributed by atoms with E-state index in [4.69, 9.17) is 4.74 Å². The molecule has 0 fully saturated rings. The van der Waals surface area contributed by atoms with Gasteiger partial charge in [-0.15, -0.1) is 0 Å². The summed E-state index contributed by atoms with van der Waals surface area (Å²) in [6, 6.07) is 17.6. The average molecular weight is 268 g/mol. The fourth-order valence-electron chi connectivity index (χ4n) is 1.97. The van der Waals surface area contributed by atoms with Gasteiger partial charge in [0.2, 0.25) is 0 Å². The molecule has 0 saturated carbocycles. The summed E-state index contributed by atoms with van der Waals surface area (Å²) >= 11 is 0. The molecule has 0 bridgehead atoms. The highest BCUT2D eigenvalue weighted by atomic mass is 16.5. The predicted molar refractivity (Wildman–Crippen MR) is 81.0 cm³/mol. The van der Waals surface area contributed by atoms with E-state index in [2.05, 4.69) is 13.8 Å². The Balaban J connectivity index is 1.85. The molecule has 0 N–H and O–H groups in total. The summed E-state index contributed by atoms with van der Waals surface area (Å²) in [5.41, 5.74) is 3.03. The molecule has 2 aromatic rings. The minimum atomic E-state index is 0.0243. The molecule has 2 nitrogen and oxygen atoms in total. The first kappa shape index (κ1) is 14.5. The second kappa shape index (κ2) is 7.01. The van der Waals surface area contributed by atoms with Gasteiger partial charge in [0.15, 0.2) is 5.78 Å². The molecule has 0 radical (unpaired) electrons. The van der Waals surface area contributed by atoms with Crippen molar-refractivity contribution in [2.75, 3.05) is 6.61 Å². The molecule has 20 heavy (non-hydrogen) atoms. The van der Waals surface area contributed by atoms with Crippen LogP contribution >= 0.6 is 0 Å². The Morgan fingerprint density at radius 2 is 1.65 bits per heavy atom. The van der Waals surface area contributed by atoms with Crippen LogP contribution in [0, 0.1) is 0 Å². The molecule has 0 heterocycles. The topological polar surface area (TPSA) is 26.3 Å². The van der Waals surface area contributed by atoms with Crippen molar-refractivity contribution in [3.05, 3.63) is 71.3 Å². The molecule has 0 aromatic heterocycles. The monoisotopic (exact) mass is 268 g/mol. The lowest BCUT2D eigenvalue weighted by Gasteiger charge is -2.07. The van der Waals surface area contributed by atoms with Crippen molar-refractivity contribution < 1.29 is 9.53 Å². The van der Waals surface area contributed by atoms with Gasteiger partial charge in [-0.2, -0.15) is 0 Å². The van der Waals surface area contributed by atoms with Crippen LogP contribution in [0.3, 0.4) is 0 Å².